The molecule has 6 aromatic rings. The molecule has 3 heteroatoms. The van der Waals surface area contributed by atoms with E-state index in [4.69, 9.17) is 0 Å². The first-order valence-corrected chi connectivity index (χ1v) is 16.2. The van der Waals surface area contributed by atoms with Crippen molar-refractivity contribution in [3.05, 3.63) is 182 Å². The predicted molar refractivity (Wildman–Crippen MR) is 171 cm³/mol. The fourth-order valence-corrected chi connectivity index (χ4v) is 13.7. The normalized spacial score (nSPS) is 11.3. The standard InChI is InChI=1S/C36H30NP2/c1-7-19-31(20-8-1)37(38(32-21-9-2-10-22-32)33-23-11-3-12-24-33)39(34-25-13-4-14-26-34,35-27-15-5-16-28-35)36-29-17-6-18-30-36/h1-30H/q+1. The first-order valence-electron chi connectivity index (χ1n) is 13.2. The molecule has 0 aromatic heterocycles. The van der Waals surface area contributed by atoms with Crippen molar-refractivity contribution in [2.45, 2.75) is 0 Å². The Hall–Kier alpha value is -4.02. The lowest BCUT2D eigenvalue weighted by Crippen LogP contribution is -2.32. The van der Waals surface area contributed by atoms with Gasteiger partial charge in [0.05, 0.1) is 0 Å². The average molecular weight is 539 g/mol. The third kappa shape index (κ3) is 4.93. The van der Waals surface area contributed by atoms with Gasteiger partial charge < -0.3 is 0 Å². The second kappa shape index (κ2) is 11.8. The van der Waals surface area contributed by atoms with Crippen molar-refractivity contribution >= 4 is 47.3 Å². The molecule has 0 fully saturated rings. The van der Waals surface area contributed by atoms with Gasteiger partial charge in [-0.2, -0.15) is 4.10 Å². The maximum atomic E-state index is 2.80. The summed E-state index contributed by atoms with van der Waals surface area (Å²) in [7, 11) is -3.38. The zero-order chi connectivity index (χ0) is 26.3. The maximum Gasteiger partial charge on any atom is 0.247 e. The Bertz CT molecular complexity index is 1530. The Morgan fingerprint density at radius 3 is 0.949 bits per heavy atom. The molecular formula is C36H30NP2+. The third-order valence-electron chi connectivity index (χ3n) is 6.85. The smallest absolute Gasteiger partial charge is 0.189 e. The van der Waals surface area contributed by atoms with Crippen LogP contribution in [0.25, 0.3) is 0 Å². The van der Waals surface area contributed by atoms with E-state index in [9.17, 15) is 0 Å². The van der Waals surface area contributed by atoms with Gasteiger partial charge >= 0.3 is 0 Å². The molecule has 6 aromatic carbocycles. The molecule has 0 unspecified atom stereocenters. The molecule has 1 nitrogen and oxygen atoms in total. The summed E-state index contributed by atoms with van der Waals surface area (Å²) in [5.41, 5.74) is 1.22. The summed E-state index contributed by atoms with van der Waals surface area (Å²) in [5, 5.41) is 6.67. The lowest BCUT2D eigenvalue weighted by molar-refractivity contribution is -0.225. The highest BCUT2D eigenvalue weighted by Crippen LogP contribution is 2.57. The van der Waals surface area contributed by atoms with Gasteiger partial charge in [-0.15, -0.1) is 0 Å². The van der Waals surface area contributed by atoms with Crippen LogP contribution in [0, 0.1) is 0 Å². The van der Waals surface area contributed by atoms with Crippen LogP contribution in [0.3, 0.4) is 0 Å². The Labute approximate surface area is 232 Å². The van der Waals surface area contributed by atoms with Crippen LogP contribution >= 0.6 is 15.1 Å². The summed E-state index contributed by atoms with van der Waals surface area (Å²) in [5.74, 6) is 0. The first kappa shape index (κ1) is 25.3. The monoisotopic (exact) mass is 538 g/mol. The van der Waals surface area contributed by atoms with E-state index in [-0.39, 0.29) is 0 Å². The topological polar surface area (TPSA) is 3.01 Å². The highest BCUT2D eigenvalue weighted by molar-refractivity contribution is 7.88. The van der Waals surface area contributed by atoms with Crippen molar-refractivity contribution in [2.24, 2.45) is 0 Å². The van der Waals surface area contributed by atoms with Crippen LogP contribution in [0.1, 0.15) is 0 Å². The molecule has 188 valence electrons. The maximum absolute atomic E-state index is 2.80. The number of benzene rings is 6. The summed E-state index contributed by atoms with van der Waals surface area (Å²) >= 11 is 0. The SMILES string of the molecule is c1ccc([N+](P(c2ccccc2)c2ccccc2)=P(c2ccccc2)(c2ccccc2)c2ccccc2)cc1. The molecule has 0 radical (unpaired) electrons. The van der Waals surface area contributed by atoms with E-state index >= 15 is 0 Å². The van der Waals surface area contributed by atoms with Crippen LogP contribution in [0.2, 0.25) is 0 Å². The summed E-state index contributed by atoms with van der Waals surface area (Å²) in [6.45, 7) is 0. The molecule has 0 amide bonds. The Morgan fingerprint density at radius 1 is 0.333 bits per heavy atom. The van der Waals surface area contributed by atoms with Crippen LogP contribution in [-0.4, -0.2) is 4.10 Å². The molecule has 6 rings (SSSR count). The van der Waals surface area contributed by atoms with E-state index in [1.807, 2.05) is 0 Å². The van der Waals surface area contributed by atoms with Crippen LogP contribution in [0.4, 0.5) is 5.69 Å². The Balaban J connectivity index is 1.91. The lowest BCUT2D eigenvalue weighted by atomic mass is 10.3. The van der Waals surface area contributed by atoms with Gasteiger partial charge in [-0.1, -0.05) is 109 Å². The summed E-state index contributed by atoms with van der Waals surface area (Å²) < 4.78 is 2.80. The summed E-state index contributed by atoms with van der Waals surface area (Å²) in [4.78, 5) is 0. The number of para-hydroxylation sites is 1. The van der Waals surface area contributed by atoms with E-state index in [1.54, 1.807) is 0 Å². The van der Waals surface area contributed by atoms with Gasteiger partial charge in [0.1, 0.15) is 0 Å². The van der Waals surface area contributed by atoms with Crippen LogP contribution < -0.4 is 26.5 Å². The van der Waals surface area contributed by atoms with Crippen LogP contribution in [-0.2, 0) is 0 Å². The molecule has 39 heavy (non-hydrogen) atoms. The van der Waals surface area contributed by atoms with E-state index in [0.717, 1.165) is 0 Å². The highest BCUT2D eigenvalue weighted by Gasteiger charge is 2.43. The van der Waals surface area contributed by atoms with Gasteiger partial charge in [-0.25, -0.2) is 0 Å². The van der Waals surface area contributed by atoms with E-state index < -0.39 is 15.1 Å². The molecule has 0 aliphatic rings. The second-order valence-corrected chi connectivity index (χ2v) is 14.8. The number of hydrogen-bond acceptors (Lipinski definition) is 0. The summed E-state index contributed by atoms with van der Waals surface area (Å²) in [6, 6.07) is 66.6. The molecule has 0 heterocycles. The minimum Gasteiger partial charge on any atom is -0.189 e. The van der Waals surface area contributed by atoms with Crippen LogP contribution in [0.5, 0.6) is 0 Å². The van der Waals surface area contributed by atoms with E-state index in [0.29, 0.717) is 0 Å². The van der Waals surface area contributed by atoms with Gasteiger partial charge in [0.2, 0.25) is 13.8 Å². The Morgan fingerprint density at radius 2 is 0.615 bits per heavy atom. The molecule has 0 saturated carbocycles. The van der Waals surface area contributed by atoms with Crippen LogP contribution in [0.15, 0.2) is 182 Å². The predicted octanol–water partition coefficient (Wildman–Crippen LogP) is 7.56. The summed E-state index contributed by atoms with van der Waals surface area (Å²) in [6.07, 6.45) is 0. The van der Waals surface area contributed by atoms with Crippen molar-refractivity contribution in [3.63, 3.8) is 0 Å². The first-order chi connectivity index (χ1) is 19.4. The van der Waals surface area contributed by atoms with Gasteiger partial charge in [0.15, 0.2) is 7.05 Å². The number of rotatable bonds is 7. The number of nitrogens with zero attached hydrogens (tertiary/aromatic N) is 1. The largest absolute Gasteiger partial charge is 0.247 e. The van der Waals surface area contributed by atoms with Crippen molar-refractivity contribution in [1.82, 2.24) is 0 Å². The molecule has 0 saturated heterocycles. The zero-order valence-corrected chi connectivity index (χ0v) is 23.5. The van der Waals surface area contributed by atoms with Crippen molar-refractivity contribution in [2.75, 3.05) is 0 Å². The van der Waals surface area contributed by atoms with Crippen molar-refractivity contribution < 1.29 is 4.10 Å². The van der Waals surface area contributed by atoms with Gasteiger partial charge in [-0.05, 0) is 60.7 Å². The minimum absolute atomic E-state index is 0.967. The van der Waals surface area contributed by atoms with Gasteiger partial charge in [0, 0.05) is 38.7 Å². The third-order valence-corrected chi connectivity index (χ3v) is 14.3. The Kier molecular flexibility index (Phi) is 7.64. The molecule has 0 bridgehead atoms. The zero-order valence-electron chi connectivity index (χ0n) is 21.7. The highest BCUT2D eigenvalue weighted by atomic mass is 31.2. The molecule has 0 spiro atoms. The van der Waals surface area contributed by atoms with E-state index in [2.05, 4.69) is 186 Å². The average Bonchev–Trinajstić information content (AvgIpc) is 3.04. The second-order valence-electron chi connectivity index (χ2n) is 9.25. The van der Waals surface area contributed by atoms with Gasteiger partial charge in [-0.3, -0.25) is 0 Å². The minimum atomic E-state index is -2.41. The molecular weight excluding hydrogens is 508 g/mol. The molecule has 0 aliphatic heterocycles. The van der Waals surface area contributed by atoms with Gasteiger partial charge in [0.25, 0.3) is 0 Å². The number of hydrogen-bond donors (Lipinski definition) is 0. The quantitative estimate of drug-likeness (QED) is 0.185. The fourth-order valence-electron chi connectivity index (χ4n) is 5.20. The van der Waals surface area contributed by atoms with Crippen molar-refractivity contribution in [3.8, 4) is 0 Å². The fraction of sp³-hybridized carbons (Fsp3) is 0. The molecule has 0 atom stereocenters. The molecule has 0 N–H and O–H groups in total. The molecule has 0 aliphatic carbocycles. The van der Waals surface area contributed by atoms with E-state index in [1.165, 1.54) is 32.2 Å². The lowest BCUT2D eigenvalue weighted by Gasteiger charge is -2.30. The van der Waals surface area contributed by atoms with Crippen molar-refractivity contribution in [1.29, 1.82) is 0 Å².